The summed E-state index contributed by atoms with van der Waals surface area (Å²) in [6.45, 7) is 7.43. The van der Waals surface area contributed by atoms with Crippen molar-refractivity contribution in [1.29, 1.82) is 0 Å². The van der Waals surface area contributed by atoms with Crippen molar-refractivity contribution in [2.45, 2.75) is 55.9 Å². The van der Waals surface area contributed by atoms with E-state index in [-0.39, 0.29) is 54.9 Å². The molecule has 1 aromatic carbocycles. The number of hydrogen-bond acceptors (Lipinski definition) is 17. The number of imide groups is 2. The van der Waals surface area contributed by atoms with Crippen LogP contribution in [0.5, 0.6) is 0 Å². The molecule has 7 amide bonds. The van der Waals surface area contributed by atoms with Gasteiger partial charge in [-0.3, -0.25) is 48.8 Å². The number of carbonyl (C=O) groups is 7. The molecule has 0 aliphatic carbocycles. The Morgan fingerprint density at radius 1 is 0.740 bits per heavy atom. The highest BCUT2D eigenvalue weighted by atomic mass is 32.2. The standard InChI is InChI=1S/C51H65N9O12S/c61-44(13-9-38-6-4-17-52-35-38)53-18-2-1-5-37-15-19-59(20-16-37)50(66)40-10-12-43(56-55-40)57-21-23-58(24-22-57)46(63)36-72-32-31-70-28-27-68-25-26-69-29-30-71-33-34-73-42-8-3-7-39-47(42)51(67)60(49(39)65)41-11-14-45(62)54-48(41)64/h3-4,6-10,12-13,17,35,37,41H,1-2,5,11,14-16,18-34,36H2,(H,53,61)(H,54,62,64)/b13-9+. The van der Waals surface area contributed by atoms with E-state index in [1.165, 1.54) is 17.8 Å². The second kappa shape index (κ2) is 28.9. The number of carbonyl (C=O) groups excluding carboxylic acids is 7. The second-order valence-electron chi connectivity index (χ2n) is 17.8. The molecule has 0 saturated carbocycles. The Hall–Kier alpha value is -6.17. The first kappa shape index (κ1) is 54.6. The molecule has 0 spiro atoms. The van der Waals surface area contributed by atoms with Crippen molar-refractivity contribution in [2.24, 2.45) is 5.92 Å². The number of ether oxygens (including phenoxy) is 5. The number of thioether (sulfide) groups is 1. The zero-order valence-corrected chi connectivity index (χ0v) is 41.9. The molecule has 1 unspecified atom stereocenters. The molecule has 392 valence electrons. The Bertz CT molecular complexity index is 2360. The maximum atomic E-state index is 13.2. The van der Waals surface area contributed by atoms with Gasteiger partial charge in [-0.15, -0.1) is 22.0 Å². The van der Waals surface area contributed by atoms with Gasteiger partial charge in [0.05, 0.1) is 70.6 Å². The molecule has 3 aromatic rings. The van der Waals surface area contributed by atoms with Crippen LogP contribution in [0.2, 0.25) is 0 Å². The van der Waals surface area contributed by atoms with Crippen LogP contribution in [-0.2, 0) is 42.9 Å². The number of piperazine rings is 1. The summed E-state index contributed by atoms with van der Waals surface area (Å²) >= 11 is 1.38. The van der Waals surface area contributed by atoms with Crippen molar-refractivity contribution in [3.63, 3.8) is 0 Å². The molecule has 1 atom stereocenters. The van der Waals surface area contributed by atoms with E-state index in [0.29, 0.717) is 127 Å². The fraction of sp³-hybridized carbons (Fsp3) is 0.529. The highest BCUT2D eigenvalue weighted by molar-refractivity contribution is 7.99. The molecule has 3 fully saturated rings. The van der Waals surface area contributed by atoms with E-state index in [4.69, 9.17) is 23.7 Å². The smallest absolute Gasteiger partial charge is 0.274 e. The van der Waals surface area contributed by atoms with Gasteiger partial charge in [-0.25, -0.2) is 0 Å². The topological polar surface area (TPSA) is 241 Å². The van der Waals surface area contributed by atoms with Crippen LogP contribution in [0.1, 0.15) is 81.7 Å². The van der Waals surface area contributed by atoms with Gasteiger partial charge >= 0.3 is 0 Å². The third kappa shape index (κ3) is 16.4. The summed E-state index contributed by atoms with van der Waals surface area (Å²) in [5.41, 5.74) is 1.73. The minimum atomic E-state index is -1.01. The summed E-state index contributed by atoms with van der Waals surface area (Å²) in [5.74, 6) is -0.691. The zero-order chi connectivity index (χ0) is 51.2. The average Bonchev–Trinajstić information content (AvgIpc) is 3.67. The minimum Gasteiger partial charge on any atom is -0.378 e. The number of aromatic nitrogens is 3. The number of fused-ring (bicyclic) bond motifs is 1. The van der Waals surface area contributed by atoms with E-state index in [1.807, 2.05) is 23.1 Å². The summed E-state index contributed by atoms with van der Waals surface area (Å²) in [6, 6.07) is 11.3. The number of hydrogen-bond donors (Lipinski definition) is 2. The highest BCUT2D eigenvalue weighted by Gasteiger charge is 2.45. The van der Waals surface area contributed by atoms with Gasteiger partial charge in [0.2, 0.25) is 23.6 Å². The van der Waals surface area contributed by atoms with Gasteiger partial charge in [0.25, 0.3) is 17.7 Å². The second-order valence-corrected chi connectivity index (χ2v) is 18.9. The molecule has 73 heavy (non-hydrogen) atoms. The Morgan fingerprint density at radius 2 is 1.45 bits per heavy atom. The largest absolute Gasteiger partial charge is 0.378 e. The van der Waals surface area contributed by atoms with Gasteiger partial charge in [0.1, 0.15) is 12.6 Å². The van der Waals surface area contributed by atoms with Gasteiger partial charge in [0, 0.05) is 81.4 Å². The third-order valence-corrected chi connectivity index (χ3v) is 13.8. The van der Waals surface area contributed by atoms with Gasteiger partial charge in [-0.05, 0) is 73.6 Å². The van der Waals surface area contributed by atoms with Gasteiger partial charge in [-0.2, -0.15) is 0 Å². The minimum absolute atomic E-state index is 0.0370. The fourth-order valence-corrected chi connectivity index (χ4v) is 9.74. The lowest BCUT2D eigenvalue weighted by atomic mass is 9.91. The van der Waals surface area contributed by atoms with E-state index in [1.54, 1.807) is 47.6 Å². The van der Waals surface area contributed by atoms with Crippen LogP contribution < -0.4 is 15.5 Å². The molecule has 22 heteroatoms. The van der Waals surface area contributed by atoms with Crippen molar-refractivity contribution in [2.75, 3.05) is 123 Å². The Balaban J connectivity index is 0.640. The van der Waals surface area contributed by atoms with E-state index >= 15 is 0 Å². The molecule has 3 saturated heterocycles. The van der Waals surface area contributed by atoms with Gasteiger partial charge in [0.15, 0.2) is 11.5 Å². The summed E-state index contributed by atoms with van der Waals surface area (Å²) in [6.07, 6.45) is 11.7. The number of benzene rings is 1. The molecular formula is C51H65N9O12S. The van der Waals surface area contributed by atoms with Crippen LogP contribution in [0.15, 0.2) is 65.8 Å². The number of nitrogens with one attached hydrogen (secondary N) is 2. The Labute approximate surface area is 429 Å². The van der Waals surface area contributed by atoms with E-state index in [2.05, 4.69) is 30.7 Å². The van der Waals surface area contributed by atoms with Gasteiger partial charge in [-0.1, -0.05) is 25.0 Å². The lowest BCUT2D eigenvalue weighted by Crippen LogP contribution is -2.54. The number of piperidine rings is 2. The maximum Gasteiger partial charge on any atom is 0.274 e. The first-order valence-corrected chi connectivity index (χ1v) is 26.0. The maximum absolute atomic E-state index is 13.2. The highest BCUT2D eigenvalue weighted by Crippen LogP contribution is 2.34. The SMILES string of the molecule is O=C(/C=C/c1cccnc1)NCCCCC1CCN(C(=O)c2ccc(N3CCN(C(=O)COCCOCCOCCOCCOCCSc4cccc5c4C(=O)N(C4CCC(=O)NC4=O)C5=O)CC3)nn2)CC1. The molecule has 2 N–H and O–H groups in total. The fourth-order valence-electron chi connectivity index (χ4n) is 8.80. The van der Waals surface area contributed by atoms with Gasteiger partial charge < -0.3 is 43.7 Å². The predicted octanol–water partition coefficient (Wildman–Crippen LogP) is 2.65. The van der Waals surface area contributed by atoms with Crippen LogP contribution in [0.25, 0.3) is 6.08 Å². The molecule has 2 aromatic heterocycles. The van der Waals surface area contributed by atoms with Crippen molar-refractivity contribution < 1.29 is 57.2 Å². The lowest BCUT2D eigenvalue weighted by Gasteiger charge is -2.35. The van der Waals surface area contributed by atoms with Crippen molar-refractivity contribution in [3.8, 4) is 0 Å². The zero-order valence-electron chi connectivity index (χ0n) is 41.1. The predicted molar refractivity (Wildman–Crippen MR) is 268 cm³/mol. The van der Waals surface area contributed by atoms with Crippen molar-refractivity contribution in [1.82, 2.24) is 40.5 Å². The summed E-state index contributed by atoms with van der Waals surface area (Å²) in [5, 5.41) is 13.8. The number of nitrogens with zero attached hydrogens (tertiary/aromatic N) is 7. The molecule has 4 aliphatic rings. The number of amides is 7. The van der Waals surface area contributed by atoms with E-state index in [0.717, 1.165) is 42.6 Å². The van der Waals surface area contributed by atoms with E-state index in [9.17, 15) is 33.6 Å². The number of unbranched alkanes of at least 4 members (excludes halogenated alkanes) is 1. The Morgan fingerprint density at radius 3 is 2.12 bits per heavy atom. The molecule has 7 rings (SSSR count). The molecule has 21 nitrogen and oxygen atoms in total. The normalized spacial score (nSPS) is 17.4. The summed E-state index contributed by atoms with van der Waals surface area (Å²) in [7, 11) is 0. The first-order valence-electron chi connectivity index (χ1n) is 25.0. The number of anilines is 1. The average molecular weight is 1030 g/mol. The van der Waals surface area contributed by atoms with Crippen LogP contribution in [0.3, 0.4) is 0 Å². The van der Waals surface area contributed by atoms with Crippen LogP contribution in [0.4, 0.5) is 5.82 Å². The third-order valence-electron chi connectivity index (χ3n) is 12.8. The molecule has 0 radical (unpaired) electrons. The Kier molecular flexibility index (Phi) is 21.6. The summed E-state index contributed by atoms with van der Waals surface area (Å²) in [4.78, 5) is 99.6. The quantitative estimate of drug-likeness (QED) is 0.0460. The number of likely N-dealkylation sites (tertiary alicyclic amines) is 1. The van der Waals surface area contributed by atoms with E-state index < -0.39 is 29.7 Å². The monoisotopic (exact) mass is 1030 g/mol. The molecular weight excluding hydrogens is 963 g/mol. The number of pyridine rings is 1. The molecule has 6 heterocycles. The first-order chi connectivity index (χ1) is 35.7. The van der Waals surface area contributed by atoms with Crippen LogP contribution >= 0.6 is 11.8 Å². The van der Waals surface area contributed by atoms with Crippen molar-refractivity contribution in [3.05, 3.63) is 83.3 Å². The molecule has 0 bridgehead atoms. The van der Waals surface area contributed by atoms with Crippen molar-refractivity contribution >= 4 is 65.0 Å². The van der Waals surface area contributed by atoms with Crippen LogP contribution in [-0.4, -0.2) is 195 Å². The van der Waals surface area contributed by atoms with Crippen LogP contribution in [0, 0.1) is 5.92 Å². The lowest BCUT2D eigenvalue weighted by molar-refractivity contribution is -0.137. The number of rotatable bonds is 28. The molecule has 4 aliphatic heterocycles. The summed E-state index contributed by atoms with van der Waals surface area (Å²) < 4.78 is 27.9.